The highest BCUT2D eigenvalue weighted by molar-refractivity contribution is 5.73. The quantitative estimate of drug-likeness (QED) is 0.628. The zero-order chi connectivity index (χ0) is 15.1. The van der Waals surface area contributed by atoms with Crippen molar-refractivity contribution in [2.24, 2.45) is 0 Å². The number of hydrogen-bond donors (Lipinski definition) is 3. The van der Waals surface area contributed by atoms with Crippen LogP contribution in [0.2, 0.25) is 0 Å². The molecule has 5 heteroatoms. The van der Waals surface area contributed by atoms with Gasteiger partial charge in [-0.1, -0.05) is 6.42 Å². The minimum atomic E-state index is -0.637. The van der Waals surface area contributed by atoms with Gasteiger partial charge in [0.2, 0.25) is 0 Å². The lowest BCUT2D eigenvalue weighted by molar-refractivity contribution is -0.0290. The van der Waals surface area contributed by atoms with Crippen molar-refractivity contribution in [2.75, 3.05) is 26.2 Å². The Kier molecular flexibility index (Phi) is 6.30. The molecular weight excluding hydrogens is 266 g/mol. The normalized spacial score (nSPS) is 25.1. The van der Waals surface area contributed by atoms with Crippen molar-refractivity contribution in [3.63, 3.8) is 0 Å². The van der Waals surface area contributed by atoms with Crippen LogP contribution in [0, 0.1) is 0 Å². The lowest BCUT2D eigenvalue weighted by atomic mass is 9.80. The molecule has 1 saturated heterocycles. The lowest BCUT2D eigenvalue weighted by Gasteiger charge is -2.36. The van der Waals surface area contributed by atoms with Crippen LogP contribution >= 0.6 is 0 Å². The molecule has 2 aliphatic rings. The van der Waals surface area contributed by atoms with Gasteiger partial charge in [0, 0.05) is 19.1 Å². The van der Waals surface area contributed by atoms with Crippen molar-refractivity contribution in [3.05, 3.63) is 0 Å². The summed E-state index contributed by atoms with van der Waals surface area (Å²) >= 11 is 0. The summed E-state index contributed by atoms with van der Waals surface area (Å²) in [6.07, 6.45) is 8.84. The number of hydrogen-bond acceptors (Lipinski definition) is 3. The Morgan fingerprint density at radius 3 is 2.71 bits per heavy atom. The van der Waals surface area contributed by atoms with Gasteiger partial charge in [0.1, 0.15) is 0 Å². The topological polar surface area (TPSA) is 64.6 Å². The summed E-state index contributed by atoms with van der Waals surface area (Å²) in [4.78, 5) is 14.2. The number of piperidine rings is 1. The third kappa shape index (κ3) is 5.47. The van der Waals surface area contributed by atoms with Crippen LogP contribution in [-0.2, 0) is 0 Å². The van der Waals surface area contributed by atoms with E-state index in [9.17, 15) is 9.90 Å². The van der Waals surface area contributed by atoms with Gasteiger partial charge in [0.05, 0.1) is 5.60 Å². The number of aliphatic hydroxyl groups is 1. The third-order valence-electron chi connectivity index (χ3n) is 4.96. The van der Waals surface area contributed by atoms with E-state index in [-0.39, 0.29) is 6.03 Å². The Labute approximate surface area is 128 Å². The number of carbonyl (C=O) groups is 1. The van der Waals surface area contributed by atoms with Gasteiger partial charge in [-0.2, -0.15) is 0 Å². The molecule has 0 bridgehead atoms. The predicted octanol–water partition coefficient (Wildman–Crippen LogP) is 1.86. The molecule has 2 rings (SSSR count). The van der Waals surface area contributed by atoms with Gasteiger partial charge in [-0.15, -0.1) is 0 Å². The molecule has 0 radical (unpaired) electrons. The molecule has 21 heavy (non-hydrogen) atoms. The van der Waals surface area contributed by atoms with Crippen LogP contribution in [0.4, 0.5) is 4.79 Å². The summed E-state index contributed by atoms with van der Waals surface area (Å²) < 4.78 is 0. The predicted molar refractivity (Wildman–Crippen MR) is 84.3 cm³/mol. The summed E-state index contributed by atoms with van der Waals surface area (Å²) in [6, 6.07) is 0.569. The smallest absolute Gasteiger partial charge is 0.314 e. The van der Waals surface area contributed by atoms with Crippen LogP contribution < -0.4 is 10.6 Å². The first-order chi connectivity index (χ1) is 10.1. The standard InChI is InChI=1S/C16H31N3O2/c1-14-7-2-4-11-19(14)12-5-3-10-17-15(20)18-13-16(21)8-6-9-16/h14,21H,2-13H2,1H3,(H2,17,18,20). The third-order valence-corrected chi connectivity index (χ3v) is 4.96. The molecule has 2 amide bonds. The second-order valence-corrected chi connectivity index (χ2v) is 6.78. The zero-order valence-electron chi connectivity index (χ0n) is 13.4. The molecule has 1 aliphatic carbocycles. The summed E-state index contributed by atoms with van der Waals surface area (Å²) in [7, 11) is 0. The Balaban J connectivity index is 1.46. The fourth-order valence-corrected chi connectivity index (χ4v) is 3.20. The molecule has 0 spiro atoms. The monoisotopic (exact) mass is 297 g/mol. The summed E-state index contributed by atoms with van der Waals surface area (Å²) in [6.45, 7) is 5.78. The number of carbonyl (C=O) groups excluding carboxylic acids is 1. The van der Waals surface area contributed by atoms with Crippen molar-refractivity contribution in [3.8, 4) is 0 Å². The van der Waals surface area contributed by atoms with Gasteiger partial charge >= 0.3 is 6.03 Å². The van der Waals surface area contributed by atoms with Crippen LogP contribution in [-0.4, -0.2) is 53.9 Å². The number of unbranched alkanes of at least 4 members (excludes halogenated alkanes) is 1. The van der Waals surface area contributed by atoms with Crippen LogP contribution in [0.3, 0.4) is 0 Å². The van der Waals surface area contributed by atoms with E-state index in [1.807, 2.05) is 0 Å². The largest absolute Gasteiger partial charge is 0.388 e. The maximum absolute atomic E-state index is 11.6. The first-order valence-electron chi connectivity index (χ1n) is 8.57. The van der Waals surface area contributed by atoms with Crippen LogP contribution in [0.5, 0.6) is 0 Å². The van der Waals surface area contributed by atoms with Gasteiger partial charge in [-0.3, -0.25) is 0 Å². The molecule has 0 aromatic heterocycles. The molecule has 5 nitrogen and oxygen atoms in total. The van der Waals surface area contributed by atoms with E-state index in [4.69, 9.17) is 0 Å². The molecule has 1 atom stereocenters. The van der Waals surface area contributed by atoms with E-state index in [1.54, 1.807) is 0 Å². The Bertz CT molecular complexity index is 331. The number of nitrogens with one attached hydrogen (secondary N) is 2. The highest BCUT2D eigenvalue weighted by atomic mass is 16.3. The molecule has 1 heterocycles. The van der Waals surface area contributed by atoms with E-state index in [1.165, 1.54) is 25.8 Å². The first-order valence-corrected chi connectivity index (χ1v) is 8.57. The van der Waals surface area contributed by atoms with Crippen molar-refractivity contribution >= 4 is 6.03 Å². The maximum Gasteiger partial charge on any atom is 0.314 e. The van der Waals surface area contributed by atoms with Crippen molar-refractivity contribution in [1.82, 2.24) is 15.5 Å². The van der Waals surface area contributed by atoms with Crippen molar-refractivity contribution in [2.45, 2.75) is 69.9 Å². The molecule has 1 aliphatic heterocycles. The summed E-state index contributed by atoms with van der Waals surface area (Å²) in [5.41, 5.74) is -0.637. The van der Waals surface area contributed by atoms with Crippen LogP contribution in [0.15, 0.2) is 0 Å². The second kappa shape index (κ2) is 7.99. The number of likely N-dealkylation sites (tertiary alicyclic amines) is 1. The lowest BCUT2D eigenvalue weighted by Crippen LogP contribution is -2.50. The molecule has 122 valence electrons. The van der Waals surface area contributed by atoms with Gasteiger partial charge in [-0.05, 0) is 65.0 Å². The SMILES string of the molecule is CC1CCCCN1CCCCNC(=O)NCC1(O)CCC1. The Morgan fingerprint density at radius 2 is 2.05 bits per heavy atom. The minimum absolute atomic E-state index is 0.151. The van der Waals surface area contributed by atoms with Crippen LogP contribution in [0.1, 0.15) is 58.3 Å². The fraction of sp³-hybridized carbons (Fsp3) is 0.938. The minimum Gasteiger partial charge on any atom is -0.388 e. The van der Waals surface area contributed by atoms with Gasteiger partial charge in [-0.25, -0.2) is 4.79 Å². The Morgan fingerprint density at radius 1 is 1.24 bits per heavy atom. The van der Waals surface area contributed by atoms with E-state index >= 15 is 0 Å². The molecule has 1 saturated carbocycles. The summed E-state index contributed by atoms with van der Waals surface area (Å²) in [5.74, 6) is 0. The zero-order valence-corrected chi connectivity index (χ0v) is 13.4. The van der Waals surface area contributed by atoms with Crippen molar-refractivity contribution in [1.29, 1.82) is 0 Å². The highest BCUT2D eigenvalue weighted by Crippen LogP contribution is 2.30. The number of urea groups is 1. The molecule has 0 aromatic rings. The summed E-state index contributed by atoms with van der Waals surface area (Å²) in [5, 5.41) is 15.5. The van der Waals surface area contributed by atoms with E-state index in [0.29, 0.717) is 13.1 Å². The van der Waals surface area contributed by atoms with Gasteiger partial charge in [0.25, 0.3) is 0 Å². The molecule has 0 aromatic carbocycles. The number of nitrogens with zero attached hydrogens (tertiary/aromatic N) is 1. The molecule has 2 fully saturated rings. The highest BCUT2D eigenvalue weighted by Gasteiger charge is 2.34. The van der Waals surface area contributed by atoms with Gasteiger partial charge < -0.3 is 20.6 Å². The number of amides is 2. The van der Waals surface area contributed by atoms with E-state index < -0.39 is 5.60 Å². The van der Waals surface area contributed by atoms with Gasteiger partial charge in [0.15, 0.2) is 0 Å². The average molecular weight is 297 g/mol. The average Bonchev–Trinajstić information content (AvgIpc) is 2.44. The number of rotatable bonds is 7. The molecular formula is C16H31N3O2. The van der Waals surface area contributed by atoms with E-state index in [0.717, 1.165) is 44.7 Å². The van der Waals surface area contributed by atoms with Crippen LogP contribution in [0.25, 0.3) is 0 Å². The fourth-order valence-electron chi connectivity index (χ4n) is 3.20. The van der Waals surface area contributed by atoms with E-state index in [2.05, 4.69) is 22.5 Å². The molecule has 1 unspecified atom stereocenters. The molecule has 3 N–H and O–H groups in total. The van der Waals surface area contributed by atoms with Crippen molar-refractivity contribution < 1.29 is 9.90 Å². The maximum atomic E-state index is 11.6. The second-order valence-electron chi connectivity index (χ2n) is 6.78. The first kappa shape index (κ1) is 16.6. The Hall–Kier alpha value is -0.810.